The first-order valence-corrected chi connectivity index (χ1v) is 22.9. The van der Waals surface area contributed by atoms with E-state index in [2.05, 4.69) is 128 Å². The summed E-state index contributed by atoms with van der Waals surface area (Å²) in [6.45, 7) is 21.1. The lowest BCUT2D eigenvalue weighted by Crippen LogP contribution is -2.01. The van der Waals surface area contributed by atoms with Crippen LogP contribution in [0.4, 0.5) is 0 Å². The van der Waals surface area contributed by atoms with E-state index in [4.69, 9.17) is 25.8 Å². The molecule has 4 aromatic heterocycles. The molecule has 0 amide bonds. The summed E-state index contributed by atoms with van der Waals surface area (Å²) in [6, 6.07) is 28.9. The van der Waals surface area contributed by atoms with Crippen molar-refractivity contribution in [3.05, 3.63) is 153 Å². The van der Waals surface area contributed by atoms with Crippen LogP contribution in [-0.2, 0) is 0 Å². The van der Waals surface area contributed by atoms with Crippen LogP contribution >= 0.6 is 16.5 Å². The van der Waals surface area contributed by atoms with E-state index in [1.54, 1.807) is 12.4 Å². The number of benzene rings is 6. The highest BCUT2D eigenvalue weighted by Crippen LogP contribution is 2.52. The van der Waals surface area contributed by atoms with Gasteiger partial charge in [0.15, 0.2) is 0 Å². The van der Waals surface area contributed by atoms with Crippen molar-refractivity contribution in [1.82, 2.24) is 9.97 Å². The van der Waals surface area contributed by atoms with Crippen LogP contribution in [0.15, 0.2) is 114 Å². The van der Waals surface area contributed by atoms with E-state index in [1.165, 1.54) is 0 Å². The molecule has 10 aromatic rings. The summed E-state index contributed by atoms with van der Waals surface area (Å²) in [5, 5.41) is 5.67. The second kappa shape index (κ2) is 15.2. The van der Waals surface area contributed by atoms with Gasteiger partial charge in [-0.3, -0.25) is 9.97 Å². The molecule has 0 spiro atoms. The van der Waals surface area contributed by atoms with Gasteiger partial charge >= 0.3 is 16.5 Å². The average Bonchev–Trinajstić information content (AvgIpc) is 3.51. The highest BCUT2D eigenvalue weighted by atomic mass is 31.1. The van der Waals surface area contributed by atoms with Crippen molar-refractivity contribution < 1.29 is 25.8 Å². The van der Waals surface area contributed by atoms with Crippen molar-refractivity contribution in [3.63, 3.8) is 0 Å². The first-order valence-electron chi connectivity index (χ1n) is 20.7. The first kappa shape index (κ1) is 39.7. The van der Waals surface area contributed by atoms with Crippen LogP contribution in [0, 0.1) is 69.2 Å². The van der Waals surface area contributed by atoms with E-state index in [0.717, 1.165) is 121 Å². The standard InChI is InChI=1S/C52H46N2O6P2/c1-27-21-31(5)49-39(23-27)40-24-28(2)22-32(6)50(40)58-62(57-49)60-52-34(8)26-30(4)36(10)46(52)45-35(9)29(3)25-33(7)51(45)59-61-55-43-17-15-41-37(13-11-19-53-41)47(43)48-38-14-12-20-54-42(38)16-18-44(48)56-61/h11-26H,1-10H3. The minimum Gasteiger partial charge on any atom is -0.390 e. The maximum absolute atomic E-state index is 7.15. The van der Waals surface area contributed by atoms with Crippen molar-refractivity contribution in [2.24, 2.45) is 0 Å². The monoisotopic (exact) mass is 856 g/mol. The molecular formula is C52H46N2O6P2. The molecule has 0 saturated carbocycles. The number of aryl methyl sites for hydroxylation is 8. The molecule has 10 rings (SSSR count). The van der Waals surface area contributed by atoms with Crippen molar-refractivity contribution in [2.45, 2.75) is 69.2 Å². The molecule has 0 aliphatic rings. The maximum atomic E-state index is 7.15. The smallest absolute Gasteiger partial charge is 0.390 e. The fourth-order valence-corrected chi connectivity index (χ4v) is 11.4. The maximum Gasteiger partial charge on any atom is 0.453 e. The van der Waals surface area contributed by atoms with Crippen molar-refractivity contribution >= 4 is 82.2 Å². The Balaban J connectivity index is 1.23. The fraction of sp³-hybridized carbons (Fsp3) is 0.192. The van der Waals surface area contributed by atoms with Gasteiger partial charge in [0.1, 0.15) is 33.8 Å². The summed E-state index contributed by atoms with van der Waals surface area (Å²) in [5.41, 5.74) is 16.9. The largest absolute Gasteiger partial charge is 0.453 e. The molecule has 10 heteroatoms. The molecular weight excluding hydrogens is 811 g/mol. The summed E-state index contributed by atoms with van der Waals surface area (Å²) >= 11 is 0. The van der Waals surface area contributed by atoms with E-state index in [9.17, 15) is 0 Å². The number of pyridine rings is 2. The molecule has 0 unspecified atom stereocenters. The van der Waals surface area contributed by atoms with Gasteiger partial charge in [0, 0.05) is 55.8 Å². The second-order valence-electron chi connectivity index (χ2n) is 16.6. The Labute approximate surface area is 361 Å². The topological polar surface area (TPSA) is 96.8 Å². The number of fused-ring (bicyclic) bond motifs is 10. The lowest BCUT2D eigenvalue weighted by molar-refractivity contribution is 0.491. The van der Waals surface area contributed by atoms with Crippen LogP contribution in [0.25, 0.3) is 76.8 Å². The minimum absolute atomic E-state index is 0.642. The molecule has 0 saturated heterocycles. The molecule has 6 aromatic carbocycles. The van der Waals surface area contributed by atoms with Gasteiger partial charge in [0.25, 0.3) is 0 Å². The number of aromatic nitrogens is 2. The molecule has 0 N–H and O–H groups in total. The number of hydrogen-bond donors (Lipinski definition) is 0. The van der Waals surface area contributed by atoms with Crippen molar-refractivity contribution in [2.75, 3.05) is 0 Å². The fourth-order valence-electron chi connectivity index (χ4n) is 9.02. The van der Waals surface area contributed by atoms with E-state index in [1.807, 2.05) is 36.4 Å². The summed E-state index contributed by atoms with van der Waals surface area (Å²) in [7, 11) is -4.04. The lowest BCUT2D eigenvalue weighted by atomic mass is 9.87. The summed E-state index contributed by atoms with van der Waals surface area (Å²) < 4.78 is 41.7. The third-order valence-electron chi connectivity index (χ3n) is 12.1. The molecule has 0 aliphatic heterocycles. The Kier molecular flexibility index (Phi) is 9.70. The highest BCUT2D eigenvalue weighted by molar-refractivity contribution is 7.32. The zero-order valence-electron chi connectivity index (χ0n) is 36.5. The number of rotatable bonds is 5. The Morgan fingerprint density at radius 1 is 0.419 bits per heavy atom. The third kappa shape index (κ3) is 6.61. The molecule has 0 bridgehead atoms. The van der Waals surface area contributed by atoms with Gasteiger partial charge in [-0.15, -0.1) is 0 Å². The SMILES string of the molecule is Cc1cc(C)c2op(Oc3c(C)cc(C)c(C)c3-c3c(C)c(C)cc(C)c3Op3oc4ccc5ncccc5c4c4c(ccc5ncccc54)o3)oc3c(C)cc(C)cc3c2c1. The van der Waals surface area contributed by atoms with E-state index in [-0.39, 0.29) is 0 Å². The van der Waals surface area contributed by atoms with Crippen molar-refractivity contribution in [3.8, 4) is 22.6 Å². The zero-order chi connectivity index (χ0) is 43.1. The van der Waals surface area contributed by atoms with Crippen LogP contribution in [0.2, 0.25) is 0 Å². The van der Waals surface area contributed by atoms with Gasteiger partial charge in [-0.25, -0.2) is 0 Å². The normalized spacial score (nSPS) is 11.7. The zero-order valence-corrected chi connectivity index (χ0v) is 38.3. The predicted octanol–water partition coefficient (Wildman–Crippen LogP) is 16.4. The average molecular weight is 857 g/mol. The van der Waals surface area contributed by atoms with E-state index < -0.39 is 16.5 Å². The van der Waals surface area contributed by atoms with Gasteiger partial charge in [0.05, 0.1) is 11.0 Å². The van der Waals surface area contributed by atoms with E-state index in [0.29, 0.717) is 22.7 Å². The molecule has 62 heavy (non-hydrogen) atoms. The Morgan fingerprint density at radius 2 is 0.839 bits per heavy atom. The quantitative estimate of drug-likeness (QED) is 0.169. The van der Waals surface area contributed by atoms with Gasteiger partial charge in [-0.05, 0) is 173 Å². The van der Waals surface area contributed by atoms with Crippen LogP contribution in [0.1, 0.15) is 55.6 Å². The predicted molar refractivity (Wildman–Crippen MR) is 255 cm³/mol. The summed E-state index contributed by atoms with van der Waals surface area (Å²) in [5.74, 6) is 1.32. The Hall–Kier alpha value is -6.46. The number of hydrogen-bond acceptors (Lipinski definition) is 8. The molecule has 310 valence electrons. The first-order chi connectivity index (χ1) is 29.8. The van der Waals surface area contributed by atoms with Gasteiger partial charge in [-0.1, -0.05) is 36.4 Å². The molecule has 0 fully saturated rings. The summed E-state index contributed by atoms with van der Waals surface area (Å²) in [6.07, 6.45) is 3.61. The van der Waals surface area contributed by atoms with Crippen LogP contribution in [0.3, 0.4) is 0 Å². The molecule has 0 atom stereocenters. The molecule has 0 aliphatic carbocycles. The lowest BCUT2D eigenvalue weighted by Gasteiger charge is -2.22. The molecule has 8 nitrogen and oxygen atoms in total. The Bertz CT molecular complexity index is 3440. The Morgan fingerprint density at radius 3 is 1.27 bits per heavy atom. The highest BCUT2D eigenvalue weighted by Gasteiger charge is 2.27. The minimum atomic E-state index is -2.06. The molecule has 0 radical (unpaired) electrons. The second-order valence-corrected chi connectivity index (χ2v) is 18.6. The van der Waals surface area contributed by atoms with E-state index >= 15 is 0 Å². The van der Waals surface area contributed by atoms with Crippen LogP contribution in [-0.4, -0.2) is 9.97 Å². The molecule has 4 heterocycles. The third-order valence-corrected chi connectivity index (χ3v) is 14.1. The van der Waals surface area contributed by atoms with Gasteiger partial charge in [0.2, 0.25) is 0 Å². The van der Waals surface area contributed by atoms with Gasteiger partial charge < -0.3 is 25.8 Å². The van der Waals surface area contributed by atoms with Gasteiger partial charge in [-0.2, -0.15) is 0 Å². The van der Waals surface area contributed by atoms with Crippen LogP contribution in [0.5, 0.6) is 11.5 Å². The van der Waals surface area contributed by atoms with Crippen molar-refractivity contribution in [1.29, 1.82) is 0 Å². The number of nitrogens with zero attached hydrogens (tertiary/aromatic N) is 2. The summed E-state index contributed by atoms with van der Waals surface area (Å²) in [4.78, 5) is 9.37. The van der Waals surface area contributed by atoms with Crippen LogP contribution < -0.4 is 9.05 Å².